The largest absolute Gasteiger partial charge is 0.324 e. The minimum atomic E-state index is -0.0679. The van der Waals surface area contributed by atoms with Crippen LogP contribution < -0.4 is 9.80 Å². The standard InChI is InChI=1S/C19H17N3.C2H6/c1-19(2)16-12-14(13-20)8-9-17(16)22-11-10-21(18(19)22)15-6-4-3-5-7-15;1-2/h3-12,18H,1-2H3;1-2H3. The van der Waals surface area contributed by atoms with E-state index in [9.17, 15) is 5.26 Å². The lowest BCUT2D eigenvalue weighted by molar-refractivity contribution is 0.447. The first-order valence-electron chi connectivity index (χ1n) is 8.47. The normalized spacial score (nSPS) is 19.2. The van der Waals surface area contributed by atoms with Crippen molar-refractivity contribution >= 4 is 11.4 Å². The van der Waals surface area contributed by atoms with Crippen LogP contribution in [-0.2, 0) is 5.41 Å². The van der Waals surface area contributed by atoms with Crippen LogP contribution in [0.4, 0.5) is 11.4 Å². The van der Waals surface area contributed by atoms with Gasteiger partial charge in [-0.2, -0.15) is 5.26 Å². The van der Waals surface area contributed by atoms with Crippen LogP contribution in [-0.4, -0.2) is 6.17 Å². The third kappa shape index (κ3) is 2.27. The summed E-state index contributed by atoms with van der Waals surface area (Å²) in [6.07, 6.45) is 4.49. The van der Waals surface area contributed by atoms with Crippen molar-refractivity contribution in [2.24, 2.45) is 0 Å². The molecule has 0 saturated carbocycles. The highest BCUT2D eigenvalue weighted by Gasteiger charge is 2.49. The molecule has 2 heterocycles. The number of benzene rings is 2. The Labute approximate surface area is 144 Å². The van der Waals surface area contributed by atoms with Gasteiger partial charge in [-0.3, -0.25) is 0 Å². The first-order valence-corrected chi connectivity index (χ1v) is 8.47. The molecule has 2 aromatic rings. The highest BCUT2D eigenvalue weighted by Crippen LogP contribution is 2.49. The predicted octanol–water partition coefficient (Wildman–Crippen LogP) is 5.00. The van der Waals surface area contributed by atoms with Crippen LogP contribution in [0.5, 0.6) is 0 Å². The van der Waals surface area contributed by atoms with Gasteiger partial charge in [0.15, 0.2) is 0 Å². The van der Waals surface area contributed by atoms with E-state index in [-0.39, 0.29) is 11.6 Å². The molecule has 0 amide bonds. The molecule has 2 aliphatic heterocycles. The average molecular weight is 317 g/mol. The second-order valence-electron chi connectivity index (χ2n) is 6.39. The second kappa shape index (κ2) is 6.05. The fourth-order valence-corrected chi connectivity index (χ4v) is 3.66. The lowest BCUT2D eigenvalue weighted by Crippen LogP contribution is -2.46. The fraction of sp³-hybridized carbons (Fsp3) is 0.286. The lowest BCUT2D eigenvalue weighted by atomic mass is 9.83. The first kappa shape index (κ1) is 16.1. The number of hydrogen-bond donors (Lipinski definition) is 0. The Bertz CT molecular complexity index is 800. The molecule has 1 unspecified atom stereocenters. The number of anilines is 2. The van der Waals surface area contributed by atoms with E-state index in [1.807, 2.05) is 32.0 Å². The van der Waals surface area contributed by atoms with Crippen molar-refractivity contribution in [3.8, 4) is 6.07 Å². The fourth-order valence-electron chi connectivity index (χ4n) is 3.66. The molecule has 0 N–H and O–H groups in total. The van der Waals surface area contributed by atoms with Crippen LogP contribution in [0.25, 0.3) is 0 Å². The smallest absolute Gasteiger partial charge is 0.119 e. The van der Waals surface area contributed by atoms with Gasteiger partial charge in [0.2, 0.25) is 0 Å². The molecule has 0 bridgehead atoms. The van der Waals surface area contributed by atoms with E-state index in [4.69, 9.17) is 0 Å². The molecular weight excluding hydrogens is 294 g/mol. The first-order chi connectivity index (χ1) is 11.6. The summed E-state index contributed by atoms with van der Waals surface area (Å²) in [5.74, 6) is 0. The van der Waals surface area contributed by atoms with Gasteiger partial charge < -0.3 is 9.80 Å². The van der Waals surface area contributed by atoms with E-state index in [0.29, 0.717) is 0 Å². The summed E-state index contributed by atoms with van der Waals surface area (Å²) in [7, 11) is 0. The molecule has 4 rings (SSSR count). The summed E-state index contributed by atoms with van der Waals surface area (Å²) < 4.78 is 0. The molecule has 0 saturated heterocycles. The van der Waals surface area contributed by atoms with Crippen molar-refractivity contribution in [2.75, 3.05) is 9.80 Å². The Hall–Kier alpha value is -2.73. The Morgan fingerprint density at radius 2 is 1.62 bits per heavy atom. The minimum absolute atomic E-state index is 0.0679. The SMILES string of the molecule is CC.CC1(C)c2cc(C#N)ccc2N2C=CN(c3ccccc3)C21. The maximum atomic E-state index is 9.18. The molecule has 3 heteroatoms. The molecule has 24 heavy (non-hydrogen) atoms. The maximum Gasteiger partial charge on any atom is 0.119 e. The summed E-state index contributed by atoms with van der Waals surface area (Å²) in [6, 6.07) is 18.7. The molecule has 122 valence electrons. The zero-order chi connectivity index (χ0) is 17.3. The molecule has 2 aromatic carbocycles. The average Bonchev–Trinajstić information content (AvgIpc) is 3.17. The summed E-state index contributed by atoms with van der Waals surface area (Å²) in [6.45, 7) is 8.50. The summed E-state index contributed by atoms with van der Waals surface area (Å²) in [4.78, 5) is 4.62. The molecule has 1 atom stereocenters. The molecule has 0 radical (unpaired) electrons. The van der Waals surface area contributed by atoms with Crippen molar-refractivity contribution in [3.63, 3.8) is 0 Å². The Morgan fingerprint density at radius 3 is 2.29 bits per heavy atom. The van der Waals surface area contributed by atoms with E-state index in [2.05, 4.69) is 72.4 Å². The topological polar surface area (TPSA) is 30.3 Å². The predicted molar refractivity (Wildman–Crippen MR) is 99.9 cm³/mol. The number of rotatable bonds is 1. The van der Waals surface area contributed by atoms with Crippen molar-refractivity contribution in [1.82, 2.24) is 0 Å². The number of para-hydroxylation sites is 1. The van der Waals surface area contributed by atoms with Gasteiger partial charge in [-0.15, -0.1) is 0 Å². The van der Waals surface area contributed by atoms with E-state index in [1.54, 1.807) is 0 Å². The Balaban J connectivity index is 0.000000815. The summed E-state index contributed by atoms with van der Waals surface area (Å²) >= 11 is 0. The van der Waals surface area contributed by atoms with E-state index < -0.39 is 0 Å². The van der Waals surface area contributed by atoms with Crippen LogP contribution in [0.3, 0.4) is 0 Å². The second-order valence-corrected chi connectivity index (χ2v) is 6.39. The van der Waals surface area contributed by atoms with Gasteiger partial charge in [0, 0.05) is 29.2 Å². The van der Waals surface area contributed by atoms with Gasteiger partial charge >= 0.3 is 0 Å². The zero-order valence-electron chi connectivity index (χ0n) is 14.7. The number of hydrogen-bond acceptors (Lipinski definition) is 3. The monoisotopic (exact) mass is 317 g/mol. The highest BCUT2D eigenvalue weighted by atomic mass is 15.4. The number of nitriles is 1. The Morgan fingerprint density at radius 1 is 0.958 bits per heavy atom. The molecule has 0 aromatic heterocycles. The summed E-state index contributed by atoms with van der Waals surface area (Å²) in [5, 5.41) is 9.18. The van der Waals surface area contributed by atoms with Crippen molar-refractivity contribution < 1.29 is 0 Å². The van der Waals surface area contributed by atoms with Crippen molar-refractivity contribution in [2.45, 2.75) is 39.3 Å². The van der Waals surface area contributed by atoms with Gasteiger partial charge in [0.05, 0.1) is 11.6 Å². The van der Waals surface area contributed by atoms with E-state index in [0.717, 1.165) is 5.56 Å². The number of nitrogens with zero attached hydrogens (tertiary/aromatic N) is 3. The van der Waals surface area contributed by atoms with Gasteiger partial charge in [-0.1, -0.05) is 45.9 Å². The molecule has 2 aliphatic rings. The van der Waals surface area contributed by atoms with Crippen LogP contribution in [0, 0.1) is 11.3 Å². The lowest BCUT2D eigenvalue weighted by Gasteiger charge is -2.36. The third-order valence-electron chi connectivity index (χ3n) is 4.71. The minimum Gasteiger partial charge on any atom is -0.324 e. The van der Waals surface area contributed by atoms with Crippen molar-refractivity contribution in [1.29, 1.82) is 5.26 Å². The van der Waals surface area contributed by atoms with E-state index >= 15 is 0 Å². The van der Waals surface area contributed by atoms with E-state index in [1.165, 1.54) is 16.9 Å². The zero-order valence-corrected chi connectivity index (χ0v) is 14.7. The van der Waals surface area contributed by atoms with Crippen LogP contribution in [0.15, 0.2) is 60.9 Å². The van der Waals surface area contributed by atoms with Crippen LogP contribution in [0.1, 0.15) is 38.8 Å². The van der Waals surface area contributed by atoms with Gasteiger partial charge in [-0.25, -0.2) is 0 Å². The van der Waals surface area contributed by atoms with Crippen LogP contribution >= 0.6 is 0 Å². The van der Waals surface area contributed by atoms with Gasteiger partial charge in [0.1, 0.15) is 6.17 Å². The molecule has 0 spiro atoms. The maximum absolute atomic E-state index is 9.18. The molecular formula is C21H23N3. The highest BCUT2D eigenvalue weighted by molar-refractivity contribution is 5.73. The Kier molecular flexibility index (Phi) is 4.07. The summed E-state index contributed by atoms with van der Waals surface area (Å²) in [5.41, 5.74) is 4.28. The quantitative estimate of drug-likeness (QED) is 0.741. The van der Waals surface area contributed by atoms with Gasteiger partial charge in [-0.05, 0) is 35.9 Å². The molecule has 0 fully saturated rings. The van der Waals surface area contributed by atoms with Crippen molar-refractivity contribution in [3.05, 3.63) is 72.1 Å². The molecule has 3 nitrogen and oxygen atoms in total. The van der Waals surface area contributed by atoms with Crippen LogP contribution in [0.2, 0.25) is 0 Å². The van der Waals surface area contributed by atoms with Gasteiger partial charge in [0.25, 0.3) is 0 Å². The third-order valence-corrected chi connectivity index (χ3v) is 4.71. The number of fused-ring (bicyclic) bond motifs is 3. The molecule has 0 aliphatic carbocycles.